The predicted octanol–water partition coefficient (Wildman–Crippen LogP) is 3.33. The van der Waals surface area contributed by atoms with E-state index in [0.29, 0.717) is 37.5 Å². The van der Waals surface area contributed by atoms with Crippen molar-refractivity contribution in [3.8, 4) is 0 Å². The van der Waals surface area contributed by atoms with Gasteiger partial charge in [0, 0.05) is 37.7 Å². The zero-order valence-electron chi connectivity index (χ0n) is 17.6. The molecule has 1 aliphatic heterocycles. The Bertz CT molecular complexity index is 851. The molecule has 0 aromatic heterocycles. The fourth-order valence-corrected chi connectivity index (χ4v) is 5.98. The molecule has 6 nitrogen and oxygen atoms in total. The average Bonchev–Trinajstić information content (AvgIpc) is 2.73. The molecular weight excluding hydrogens is 388 g/mol. The van der Waals surface area contributed by atoms with Crippen LogP contribution in [0.3, 0.4) is 0 Å². The molecule has 0 radical (unpaired) electrons. The SMILES string of the molecule is CC(=O)c1cccc(S(=O)(=O)N2CCC(C(=O)N(C)C3CCC(C)CC3)CC2)c1. The maximum atomic E-state index is 13.0. The van der Waals surface area contributed by atoms with E-state index in [9.17, 15) is 18.0 Å². The van der Waals surface area contributed by atoms with Crippen LogP contribution in [0.1, 0.15) is 62.7 Å². The van der Waals surface area contributed by atoms with Gasteiger partial charge in [-0.25, -0.2) is 8.42 Å². The summed E-state index contributed by atoms with van der Waals surface area (Å²) in [6.07, 6.45) is 5.53. The van der Waals surface area contributed by atoms with Gasteiger partial charge in [-0.3, -0.25) is 9.59 Å². The number of benzene rings is 1. The van der Waals surface area contributed by atoms with Crippen LogP contribution in [0, 0.1) is 11.8 Å². The van der Waals surface area contributed by atoms with Gasteiger partial charge < -0.3 is 4.90 Å². The third-order valence-electron chi connectivity index (χ3n) is 6.56. The second kappa shape index (κ2) is 8.96. The Morgan fingerprint density at radius 1 is 1.03 bits per heavy atom. The predicted molar refractivity (Wildman–Crippen MR) is 112 cm³/mol. The van der Waals surface area contributed by atoms with Crippen LogP contribution in [0.2, 0.25) is 0 Å². The summed E-state index contributed by atoms with van der Waals surface area (Å²) >= 11 is 0. The summed E-state index contributed by atoms with van der Waals surface area (Å²) in [7, 11) is -1.76. The number of hydrogen-bond donors (Lipinski definition) is 0. The first-order valence-electron chi connectivity index (χ1n) is 10.6. The first-order chi connectivity index (χ1) is 13.7. The molecule has 1 heterocycles. The minimum Gasteiger partial charge on any atom is -0.343 e. The summed E-state index contributed by atoms with van der Waals surface area (Å²) in [5, 5.41) is 0. The maximum absolute atomic E-state index is 13.0. The van der Waals surface area contributed by atoms with Gasteiger partial charge in [0.15, 0.2) is 5.78 Å². The largest absolute Gasteiger partial charge is 0.343 e. The smallest absolute Gasteiger partial charge is 0.243 e. The Morgan fingerprint density at radius 2 is 1.66 bits per heavy atom. The number of carbonyl (C=O) groups excluding carboxylic acids is 2. The topological polar surface area (TPSA) is 74.8 Å². The molecule has 160 valence electrons. The lowest BCUT2D eigenvalue weighted by molar-refractivity contribution is -0.138. The summed E-state index contributed by atoms with van der Waals surface area (Å²) in [5.41, 5.74) is 0.388. The summed E-state index contributed by atoms with van der Waals surface area (Å²) in [5.74, 6) is 0.616. The third-order valence-corrected chi connectivity index (χ3v) is 8.46. The number of carbonyl (C=O) groups is 2. The van der Waals surface area contributed by atoms with E-state index in [-0.39, 0.29) is 22.5 Å². The van der Waals surface area contributed by atoms with Crippen LogP contribution in [-0.4, -0.2) is 55.5 Å². The van der Waals surface area contributed by atoms with E-state index >= 15 is 0 Å². The van der Waals surface area contributed by atoms with Crippen molar-refractivity contribution in [1.82, 2.24) is 9.21 Å². The molecule has 0 N–H and O–H groups in total. The van der Waals surface area contributed by atoms with Gasteiger partial charge in [0.25, 0.3) is 0 Å². The van der Waals surface area contributed by atoms with Crippen LogP contribution in [0.15, 0.2) is 29.2 Å². The molecule has 1 saturated carbocycles. The van der Waals surface area contributed by atoms with Crippen LogP contribution in [0.5, 0.6) is 0 Å². The molecule has 7 heteroatoms. The Hall–Kier alpha value is -1.73. The van der Waals surface area contributed by atoms with Crippen LogP contribution < -0.4 is 0 Å². The number of rotatable bonds is 5. The first kappa shape index (κ1) is 22.0. The minimum atomic E-state index is -3.66. The monoisotopic (exact) mass is 420 g/mol. The number of sulfonamides is 1. The number of hydrogen-bond acceptors (Lipinski definition) is 4. The number of Topliss-reactive ketones (excluding diaryl/α,β-unsaturated/α-hetero) is 1. The summed E-state index contributed by atoms with van der Waals surface area (Å²) in [6.45, 7) is 4.35. The molecule has 1 amide bonds. The van der Waals surface area contributed by atoms with Crippen molar-refractivity contribution in [2.24, 2.45) is 11.8 Å². The second-order valence-electron chi connectivity index (χ2n) is 8.63. The standard InChI is InChI=1S/C22H32N2O4S/c1-16-7-9-20(10-8-16)23(3)22(26)18-11-13-24(14-12-18)29(27,28)21-6-4-5-19(15-21)17(2)25/h4-6,15-16,18,20H,7-14H2,1-3H3. The van der Waals surface area contributed by atoms with Crippen LogP contribution in [0.25, 0.3) is 0 Å². The normalized spacial score (nSPS) is 24.2. The summed E-state index contributed by atoms with van der Waals surface area (Å²) < 4.78 is 27.4. The first-order valence-corrected chi connectivity index (χ1v) is 12.0. The molecular formula is C22H32N2O4S. The minimum absolute atomic E-state index is 0.116. The van der Waals surface area contributed by atoms with Crippen molar-refractivity contribution >= 4 is 21.7 Å². The number of nitrogens with zero attached hydrogens (tertiary/aromatic N) is 2. The fraction of sp³-hybridized carbons (Fsp3) is 0.636. The van der Waals surface area contributed by atoms with Gasteiger partial charge in [-0.2, -0.15) is 4.31 Å². The second-order valence-corrected chi connectivity index (χ2v) is 10.6. The quantitative estimate of drug-likeness (QED) is 0.685. The number of piperidine rings is 1. The molecule has 1 saturated heterocycles. The molecule has 2 fully saturated rings. The Kier molecular flexibility index (Phi) is 6.79. The van der Waals surface area contributed by atoms with Gasteiger partial charge in [-0.15, -0.1) is 0 Å². The van der Waals surface area contributed by atoms with E-state index in [1.807, 2.05) is 11.9 Å². The zero-order chi connectivity index (χ0) is 21.2. The van der Waals surface area contributed by atoms with Crippen LogP contribution >= 0.6 is 0 Å². The molecule has 0 unspecified atom stereocenters. The highest BCUT2D eigenvalue weighted by Gasteiger charge is 2.35. The highest BCUT2D eigenvalue weighted by molar-refractivity contribution is 7.89. The van der Waals surface area contributed by atoms with Crippen molar-refractivity contribution in [2.75, 3.05) is 20.1 Å². The molecule has 1 aromatic carbocycles. The molecule has 0 spiro atoms. The molecule has 2 aliphatic rings. The Labute approximate surface area is 174 Å². The molecule has 1 aromatic rings. The Balaban J connectivity index is 1.61. The highest BCUT2D eigenvalue weighted by atomic mass is 32.2. The van der Waals surface area contributed by atoms with E-state index < -0.39 is 10.0 Å². The van der Waals surface area contributed by atoms with Crippen molar-refractivity contribution in [3.63, 3.8) is 0 Å². The maximum Gasteiger partial charge on any atom is 0.243 e. The lowest BCUT2D eigenvalue weighted by Crippen LogP contribution is -2.46. The van der Waals surface area contributed by atoms with E-state index in [4.69, 9.17) is 0 Å². The highest BCUT2D eigenvalue weighted by Crippen LogP contribution is 2.30. The summed E-state index contributed by atoms with van der Waals surface area (Å²) in [4.78, 5) is 26.6. The van der Waals surface area contributed by atoms with Gasteiger partial charge >= 0.3 is 0 Å². The van der Waals surface area contributed by atoms with Crippen molar-refractivity contribution in [2.45, 2.75) is 63.3 Å². The average molecular weight is 421 g/mol. The van der Waals surface area contributed by atoms with Gasteiger partial charge in [-0.05, 0) is 63.5 Å². The molecule has 1 aliphatic carbocycles. The van der Waals surface area contributed by atoms with Crippen molar-refractivity contribution < 1.29 is 18.0 Å². The lowest BCUT2D eigenvalue weighted by atomic mass is 9.86. The fourth-order valence-electron chi connectivity index (χ4n) is 4.47. The van der Waals surface area contributed by atoms with E-state index in [1.54, 1.807) is 12.1 Å². The van der Waals surface area contributed by atoms with Crippen molar-refractivity contribution in [1.29, 1.82) is 0 Å². The number of ketones is 1. The lowest BCUT2D eigenvalue weighted by Gasteiger charge is -2.37. The Morgan fingerprint density at radius 3 is 2.24 bits per heavy atom. The van der Waals surface area contributed by atoms with Crippen LogP contribution in [0.4, 0.5) is 0 Å². The zero-order valence-corrected chi connectivity index (χ0v) is 18.5. The molecule has 0 bridgehead atoms. The summed E-state index contributed by atoms with van der Waals surface area (Å²) in [6, 6.07) is 6.49. The van der Waals surface area contributed by atoms with Crippen LogP contribution in [-0.2, 0) is 14.8 Å². The van der Waals surface area contributed by atoms with Crippen molar-refractivity contribution in [3.05, 3.63) is 29.8 Å². The molecule has 3 rings (SSSR count). The van der Waals surface area contributed by atoms with Gasteiger partial charge in [-0.1, -0.05) is 19.1 Å². The van der Waals surface area contributed by atoms with E-state index in [1.165, 1.54) is 23.4 Å². The molecule has 0 atom stereocenters. The van der Waals surface area contributed by atoms with Gasteiger partial charge in [0.05, 0.1) is 4.90 Å². The number of amides is 1. The molecule has 29 heavy (non-hydrogen) atoms. The van der Waals surface area contributed by atoms with E-state index in [0.717, 1.165) is 31.6 Å². The van der Waals surface area contributed by atoms with E-state index in [2.05, 4.69) is 6.92 Å². The van der Waals surface area contributed by atoms with Gasteiger partial charge in [0.1, 0.15) is 0 Å². The third kappa shape index (κ3) is 4.89. The van der Waals surface area contributed by atoms with Gasteiger partial charge in [0.2, 0.25) is 15.9 Å².